The Morgan fingerprint density at radius 3 is 2.44 bits per heavy atom. The number of rotatable bonds is 5. The fourth-order valence-electron chi connectivity index (χ4n) is 1.61. The molecule has 0 heterocycles. The maximum absolute atomic E-state index is 11.7. The number of hydrogen-bond acceptors (Lipinski definition) is 2. The van der Waals surface area contributed by atoms with Crippen LogP contribution in [0, 0.1) is 12.8 Å². The van der Waals surface area contributed by atoms with Crippen LogP contribution in [0.25, 0.3) is 0 Å². The van der Waals surface area contributed by atoms with Crippen molar-refractivity contribution in [3.63, 3.8) is 0 Å². The first kappa shape index (κ1) is 12.6. The van der Waals surface area contributed by atoms with E-state index >= 15 is 0 Å². The van der Waals surface area contributed by atoms with Gasteiger partial charge in [-0.2, -0.15) is 0 Å². The van der Waals surface area contributed by atoms with E-state index in [4.69, 9.17) is 0 Å². The van der Waals surface area contributed by atoms with Crippen molar-refractivity contribution >= 4 is 11.8 Å². The van der Waals surface area contributed by atoms with Crippen molar-refractivity contribution in [2.75, 3.05) is 13.1 Å². The van der Waals surface area contributed by atoms with Crippen LogP contribution in [0.4, 0.5) is 0 Å². The van der Waals surface area contributed by atoms with Gasteiger partial charge in [-0.1, -0.05) is 17.7 Å². The Balaban J connectivity index is 1.73. The normalized spacial score (nSPS) is 14.1. The van der Waals surface area contributed by atoms with Crippen molar-refractivity contribution in [1.82, 2.24) is 10.6 Å². The summed E-state index contributed by atoms with van der Waals surface area (Å²) in [5, 5.41) is 5.42. The summed E-state index contributed by atoms with van der Waals surface area (Å²) < 4.78 is 0. The fraction of sp³-hybridized carbons (Fsp3) is 0.429. The molecule has 1 saturated carbocycles. The second-order valence-electron chi connectivity index (χ2n) is 4.80. The van der Waals surface area contributed by atoms with Gasteiger partial charge in [0.25, 0.3) is 5.91 Å². The average molecular weight is 246 g/mol. The molecule has 1 fully saturated rings. The van der Waals surface area contributed by atoms with Gasteiger partial charge in [0.15, 0.2) is 0 Å². The highest BCUT2D eigenvalue weighted by atomic mass is 16.2. The summed E-state index contributed by atoms with van der Waals surface area (Å²) in [7, 11) is 0. The summed E-state index contributed by atoms with van der Waals surface area (Å²) in [6.07, 6.45) is 2.41. The molecule has 1 aromatic rings. The number of aryl methyl sites for hydroxylation is 1. The summed E-state index contributed by atoms with van der Waals surface area (Å²) >= 11 is 0. The molecule has 1 aliphatic carbocycles. The molecule has 2 rings (SSSR count). The van der Waals surface area contributed by atoms with Gasteiger partial charge in [-0.15, -0.1) is 0 Å². The Labute approximate surface area is 107 Å². The average Bonchev–Trinajstić information content (AvgIpc) is 3.18. The van der Waals surface area contributed by atoms with Gasteiger partial charge < -0.3 is 10.6 Å². The molecule has 2 N–H and O–H groups in total. The molecule has 0 radical (unpaired) electrons. The van der Waals surface area contributed by atoms with Crippen LogP contribution in [-0.4, -0.2) is 24.9 Å². The van der Waals surface area contributed by atoms with Gasteiger partial charge in [0, 0.05) is 12.1 Å². The van der Waals surface area contributed by atoms with E-state index in [1.807, 2.05) is 19.1 Å². The highest BCUT2D eigenvalue weighted by Crippen LogP contribution is 2.27. The van der Waals surface area contributed by atoms with Crippen LogP contribution in [-0.2, 0) is 4.79 Å². The van der Waals surface area contributed by atoms with Crippen LogP contribution < -0.4 is 10.6 Å². The molecule has 18 heavy (non-hydrogen) atoms. The van der Waals surface area contributed by atoms with Crippen LogP contribution >= 0.6 is 0 Å². The van der Waals surface area contributed by atoms with Crippen LogP contribution in [0.5, 0.6) is 0 Å². The Morgan fingerprint density at radius 1 is 1.17 bits per heavy atom. The van der Waals surface area contributed by atoms with Crippen LogP contribution in [0.15, 0.2) is 24.3 Å². The number of amides is 2. The quantitative estimate of drug-likeness (QED) is 0.821. The summed E-state index contributed by atoms with van der Waals surface area (Å²) in [6, 6.07) is 7.27. The topological polar surface area (TPSA) is 58.2 Å². The molecule has 0 atom stereocenters. The van der Waals surface area contributed by atoms with Crippen LogP contribution in [0.2, 0.25) is 0 Å². The van der Waals surface area contributed by atoms with Crippen molar-refractivity contribution in [3.8, 4) is 0 Å². The van der Waals surface area contributed by atoms with Crippen molar-refractivity contribution < 1.29 is 9.59 Å². The second kappa shape index (κ2) is 5.67. The molecule has 0 unspecified atom stereocenters. The predicted molar refractivity (Wildman–Crippen MR) is 69.2 cm³/mol. The molecule has 4 heteroatoms. The summed E-state index contributed by atoms with van der Waals surface area (Å²) in [5.41, 5.74) is 1.68. The Kier molecular flexibility index (Phi) is 3.97. The van der Waals surface area contributed by atoms with Gasteiger partial charge in [0.05, 0.1) is 6.54 Å². The number of hydrogen-bond donors (Lipinski definition) is 2. The van der Waals surface area contributed by atoms with Crippen molar-refractivity contribution in [3.05, 3.63) is 35.4 Å². The smallest absolute Gasteiger partial charge is 0.251 e. The third-order valence-corrected chi connectivity index (χ3v) is 3.01. The van der Waals surface area contributed by atoms with E-state index in [0.29, 0.717) is 11.5 Å². The molecule has 1 aromatic carbocycles. The van der Waals surface area contributed by atoms with Gasteiger partial charge >= 0.3 is 0 Å². The monoisotopic (exact) mass is 246 g/mol. The van der Waals surface area contributed by atoms with Gasteiger partial charge in [-0.05, 0) is 37.8 Å². The minimum Gasteiger partial charge on any atom is -0.354 e. The lowest BCUT2D eigenvalue weighted by Crippen LogP contribution is -2.37. The number of nitrogens with one attached hydrogen (secondary N) is 2. The molecule has 0 saturated heterocycles. The van der Waals surface area contributed by atoms with E-state index in [1.54, 1.807) is 12.1 Å². The van der Waals surface area contributed by atoms with E-state index in [1.165, 1.54) is 12.8 Å². The highest BCUT2D eigenvalue weighted by molar-refractivity contribution is 5.96. The zero-order valence-electron chi connectivity index (χ0n) is 10.5. The first-order valence-electron chi connectivity index (χ1n) is 6.27. The van der Waals surface area contributed by atoms with E-state index in [-0.39, 0.29) is 18.4 Å². The van der Waals surface area contributed by atoms with Crippen molar-refractivity contribution in [2.45, 2.75) is 19.8 Å². The molecule has 4 nitrogen and oxygen atoms in total. The second-order valence-corrected chi connectivity index (χ2v) is 4.80. The number of benzene rings is 1. The van der Waals surface area contributed by atoms with E-state index in [0.717, 1.165) is 12.1 Å². The Bertz CT molecular complexity index is 436. The minimum absolute atomic E-state index is 0.0411. The van der Waals surface area contributed by atoms with Gasteiger partial charge in [-0.25, -0.2) is 0 Å². The van der Waals surface area contributed by atoms with E-state index < -0.39 is 0 Å². The Hall–Kier alpha value is -1.84. The van der Waals surface area contributed by atoms with Gasteiger partial charge in [0.1, 0.15) is 0 Å². The maximum Gasteiger partial charge on any atom is 0.251 e. The molecule has 1 aliphatic rings. The van der Waals surface area contributed by atoms with Crippen LogP contribution in [0.3, 0.4) is 0 Å². The molecular weight excluding hydrogens is 228 g/mol. The standard InChI is InChI=1S/C14H18N2O2/c1-10-2-6-12(7-3-10)14(18)16-9-13(17)15-8-11-4-5-11/h2-3,6-7,11H,4-5,8-9H2,1H3,(H,15,17)(H,16,18). The maximum atomic E-state index is 11.7. The highest BCUT2D eigenvalue weighted by Gasteiger charge is 2.21. The molecule has 0 aromatic heterocycles. The molecule has 0 spiro atoms. The SMILES string of the molecule is Cc1ccc(C(=O)NCC(=O)NCC2CC2)cc1. The number of carbonyl (C=O) groups is 2. The molecule has 2 amide bonds. The van der Waals surface area contributed by atoms with Crippen molar-refractivity contribution in [2.24, 2.45) is 5.92 Å². The van der Waals surface area contributed by atoms with Gasteiger partial charge in [0.2, 0.25) is 5.91 Å². The third-order valence-electron chi connectivity index (χ3n) is 3.01. The molecular formula is C14H18N2O2. The minimum atomic E-state index is -0.212. The fourth-order valence-corrected chi connectivity index (χ4v) is 1.61. The molecule has 0 bridgehead atoms. The first-order valence-corrected chi connectivity index (χ1v) is 6.27. The van der Waals surface area contributed by atoms with Crippen LogP contribution in [0.1, 0.15) is 28.8 Å². The lowest BCUT2D eigenvalue weighted by molar-refractivity contribution is -0.120. The first-order chi connectivity index (χ1) is 8.65. The largest absolute Gasteiger partial charge is 0.354 e. The van der Waals surface area contributed by atoms with E-state index in [2.05, 4.69) is 10.6 Å². The zero-order valence-corrected chi connectivity index (χ0v) is 10.5. The summed E-state index contributed by atoms with van der Waals surface area (Å²) in [5.74, 6) is 0.320. The summed E-state index contributed by atoms with van der Waals surface area (Å²) in [4.78, 5) is 23.2. The Morgan fingerprint density at radius 2 is 1.83 bits per heavy atom. The predicted octanol–water partition coefficient (Wildman–Crippen LogP) is 1.25. The third kappa shape index (κ3) is 3.87. The summed E-state index contributed by atoms with van der Waals surface area (Å²) in [6.45, 7) is 2.74. The number of carbonyl (C=O) groups excluding carboxylic acids is 2. The lowest BCUT2D eigenvalue weighted by atomic mass is 10.1. The molecule has 96 valence electrons. The van der Waals surface area contributed by atoms with E-state index in [9.17, 15) is 9.59 Å². The van der Waals surface area contributed by atoms with Crippen molar-refractivity contribution in [1.29, 1.82) is 0 Å². The van der Waals surface area contributed by atoms with Gasteiger partial charge in [-0.3, -0.25) is 9.59 Å². The lowest BCUT2D eigenvalue weighted by Gasteiger charge is -2.06. The zero-order chi connectivity index (χ0) is 13.0. The molecule has 0 aliphatic heterocycles.